The zero-order chi connectivity index (χ0) is 15.6. The van der Waals surface area contributed by atoms with Crippen LogP contribution in [-0.4, -0.2) is 13.1 Å². The smallest absolute Gasteiger partial charge is 0.305 e. The van der Waals surface area contributed by atoms with Crippen molar-refractivity contribution in [3.8, 4) is 0 Å². The highest BCUT2D eigenvalue weighted by molar-refractivity contribution is 5.68. The van der Waals surface area contributed by atoms with Crippen LogP contribution in [0, 0.1) is 17.8 Å². The molecule has 1 fully saturated rings. The van der Waals surface area contributed by atoms with Crippen molar-refractivity contribution in [1.82, 2.24) is 0 Å². The van der Waals surface area contributed by atoms with Crippen molar-refractivity contribution in [3.05, 3.63) is 12.2 Å². The first-order valence-electron chi connectivity index (χ1n) is 9.54. The molecule has 0 heterocycles. The van der Waals surface area contributed by atoms with E-state index in [1.807, 2.05) is 0 Å². The third kappa shape index (κ3) is 6.14. The Bertz CT molecular complexity index is 348. The molecule has 0 spiro atoms. The van der Waals surface area contributed by atoms with E-state index in [9.17, 15) is 4.79 Å². The maximum atomic E-state index is 11.0. The maximum Gasteiger partial charge on any atom is 0.305 e. The van der Waals surface area contributed by atoms with Gasteiger partial charge in [0.05, 0.1) is 7.11 Å². The summed E-state index contributed by atoms with van der Waals surface area (Å²) in [6, 6.07) is 0. The lowest BCUT2D eigenvalue weighted by Crippen LogP contribution is -2.06. The van der Waals surface area contributed by atoms with Crippen LogP contribution in [-0.2, 0) is 9.53 Å². The predicted octanol–water partition coefficient (Wildman–Crippen LogP) is 5.66. The third-order valence-electron chi connectivity index (χ3n) is 5.60. The van der Waals surface area contributed by atoms with Crippen LogP contribution in [0.3, 0.4) is 0 Å². The van der Waals surface area contributed by atoms with E-state index in [-0.39, 0.29) is 5.97 Å². The fourth-order valence-corrected chi connectivity index (χ4v) is 4.24. The summed E-state index contributed by atoms with van der Waals surface area (Å²) >= 11 is 0. The van der Waals surface area contributed by atoms with Gasteiger partial charge in [-0.25, -0.2) is 0 Å². The van der Waals surface area contributed by atoms with Gasteiger partial charge in [-0.2, -0.15) is 0 Å². The molecular weight excluding hydrogens is 272 g/mol. The van der Waals surface area contributed by atoms with Crippen molar-refractivity contribution in [2.45, 2.75) is 83.5 Å². The van der Waals surface area contributed by atoms with Gasteiger partial charge < -0.3 is 4.74 Å². The molecule has 0 aromatic rings. The molecule has 0 saturated heterocycles. The van der Waals surface area contributed by atoms with E-state index in [2.05, 4.69) is 16.9 Å². The lowest BCUT2D eigenvalue weighted by atomic mass is 9.88. The molecule has 2 nitrogen and oxygen atoms in total. The lowest BCUT2D eigenvalue weighted by Gasteiger charge is -2.17. The summed E-state index contributed by atoms with van der Waals surface area (Å²) in [4.78, 5) is 11.0. The molecule has 3 atom stereocenters. The van der Waals surface area contributed by atoms with Gasteiger partial charge in [-0.1, -0.05) is 63.5 Å². The summed E-state index contributed by atoms with van der Waals surface area (Å²) in [7, 11) is 1.47. The highest BCUT2D eigenvalue weighted by Gasteiger charge is 2.34. The molecule has 3 unspecified atom stereocenters. The third-order valence-corrected chi connectivity index (χ3v) is 5.60. The van der Waals surface area contributed by atoms with Gasteiger partial charge in [-0.3, -0.25) is 4.79 Å². The van der Waals surface area contributed by atoms with Crippen molar-refractivity contribution in [3.63, 3.8) is 0 Å². The van der Waals surface area contributed by atoms with Crippen LogP contribution in [0.15, 0.2) is 12.2 Å². The second-order valence-corrected chi connectivity index (χ2v) is 7.34. The molecule has 22 heavy (non-hydrogen) atoms. The number of hydrogen-bond donors (Lipinski definition) is 0. The molecule has 0 aliphatic heterocycles. The molecule has 2 aliphatic carbocycles. The number of unbranched alkanes of at least 4 members (excludes halogenated alkanes) is 8. The number of carbonyl (C=O) groups is 1. The quantitative estimate of drug-likeness (QED) is 0.264. The average molecular weight is 306 g/mol. The molecule has 0 N–H and O–H groups in total. The first kappa shape index (κ1) is 17.6. The topological polar surface area (TPSA) is 26.3 Å². The number of methoxy groups -OCH3 is 1. The largest absolute Gasteiger partial charge is 0.469 e. The minimum Gasteiger partial charge on any atom is -0.469 e. The van der Waals surface area contributed by atoms with Gasteiger partial charge in [-0.05, 0) is 43.4 Å². The minimum atomic E-state index is -0.0639. The summed E-state index contributed by atoms with van der Waals surface area (Å²) < 4.78 is 4.64. The zero-order valence-corrected chi connectivity index (χ0v) is 14.4. The Morgan fingerprint density at radius 3 is 2.09 bits per heavy atom. The summed E-state index contributed by atoms with van der Waals surface area (Å²) in [5, 5.41) is 0. The second-order valence-electron chi connectivity index (χ2n) is 7.34. The molecule has 0 amide bonds. The van der Waals surface area contributed by atoms with Gasteiger partial charge in [0, 0.05) is 6.42 Å². The van der Waals surface area contributed by atoms with E-state index in [0.717, 1.165) is 24.2 Å². The van der Waals surface area contributed by atoms with Crippen LogP contribution in [0.5, 0.6) is 0 Å². The first-order chi connectivity index (χ1) is 10.8. The summed E-state index contributed by atoms with van der Waals surface area (Å²) in [6.07, 6.45) is 21.8. The Morgan fingerprint density at radius 2 is 1.55 bits per heavy atom. The number of hydrogen-bond acceptors (Lipinski definition) is 2. The Labute approximate surface area is 136 Å². The zero-order valence-electron chi connectivity index (χ0n) is 14.4. The summed E-state index contributed by atoms with van der Waals surface area (Å²) in [6.45, 7) is 0. The van der Waals surface area contributed by atoms with Crippen LogP contribution in [0.4, 0.5) is 0 Å². The van der Waals surface area contributed by atoms with Crippen LogP contribution in [0.1, 0.15) is 83.5 Å². The van der Waals surface area contributed by atoms with Crippen LogP contribution >= 0.6 is 0 Å². The average Bonchev–Trinajstić information content (AvgIpc) is 3.15. The molecule has 0 radical (unpaired) electrons. The van der Waals surface area contributed by atoms with Crippen LogP contribution in [0.25, 0.3) is 0 Å². The number of carbonyl (C=O) groups excluding carboxylic acids is 1. The number of allylic oxidation sites excluding steroid dienone is 2. The Balaban J connectivity index is 1.31. The summed E-state index contributed by atoms with van der Waals surface area (Å²) in [5.41, 5.74) is 0. The van der Waals surface area contributed by atoms with Crippen molar-refractivity contribution in [2.75, 3.05) is 7.11 Å². The van der Waals surface area contributed by atoms with Crippen LogP contribution in [0.2, 0.25) is 0 Å². The van der Waals surface area contributed by atoms with Gasteiger partial charge in [0.1, 0.15) is 0 Å². The van der Waals surface area contributed by atoms with Gasteiger partial charge in [-0.15, -0.1) is 0 Å². The number of esters is 1. The van der Waals surface area contributed by atoms with Crippen molar-refractivity contribution in [1.29, 1.82) is 0 Å². The monoisotopic (exact) mass is 306 g/mol. The summed E-state index contributed by atoms with van der Waals surface area (Å²) in [5.74, 6) is 2.83. The molecule has 2 heteroatoms. The Kier molecular flexibility index (Phi) is 8.04. The molecule has 126 valence electrons. The van der Waals surface area contributed by atoms with E-state index in [1.165, 1.54) is 77.7 Å². The fraction of sp³-hybridized carbons (Fsp3) is 0.850. The molecule has 2 aliphatic rings. The van der Waals surface area contributed by atoms with E-state index in [0.29, 0.717) is 6.42 Å². The standard InChI is InChI=1S/C20H34O2/c1-22-20(21)12-10-8-6-4-2-3-5-7-9-11-18-15-17-13-14-19(18)16-17/h13-14,17-19H,2-12,15-16H2,1H3. The number of ether oxygens (including phenoxy) is 1. The number of fused-ring (bicyclic) bond motifs is 2. The van der Waals surface area contributed by atoms with Gasteiger partial charge in [0.15, 0.2) is 0 Å². The highest BCUT2D eigenvalue weighted by Crippen LogP contribution is 2.45. The minimum absolute atomic E-state index is 0.0639. The van der Waals surface area contributed by atoms with E-state index in [4.69, 9.17) is 0 Å². The van der Waals surface area contributed by atoms with E-state index in [1.54, 1.807) is 0 Å². The van der Waals surface area contributed by atoms with Crippen molar-refractivity contribution >= 4 is 5.97 Å². The van der Waals surface area contributed by atoms with E-state index < -0.39 is 0 Å². The van der Waals surface area contributed by atoms with Gasteiger partial charge >= 0.3 is 5.97 Å². The molecular formula is C20H34O2. The molecule has 2 rings (SSSR count). The maximum absolute atomic E-state index is 11.0. The Morgan fingerprint density at radius 1 is 0.909 bits per heavy atom. The molecule has 0 aromatic carbocycles. The van der Waals surface area contributed by atoms with Crippen molar-refractivity contribution in [2.24, 2.45) is 17.8 Å². The second kappa shape index (κ2) is 10.1. The van der Waals surface area contributed by atoms with E-state index >= 15 is 0 Å². The highest BCUT2D eigenvalue weighted by atomic mass is 16.5. The molecule has 1 saturated carbocycles. The predicted molar refractivity (Wildman–Crippen MR) is 91.6 cm³/mol. The number of rotatable bonds is 12. The molecule has 0 aromatic heterocycles. The van der Waals surface area contributed by atoms with Crippen LogP contribution < -0.4 is 0 Å². The fourth-order valence-electron chi connectivity index (χ4n) is 4.24. The van der Waals surface area contributed by atoms with Gasteiger partial charge in [0.2, 0.25) is 0 Å². The normalized spacial score (nSPS) is 25.8. The van der Waals surface area contributed by atoms with Gasteiger partial charge in [0.25, 0.3) is 0 Å². The first-order valence-corrected chi connectivity index (χ1v) is 9.54. The van der Waals surface area contributed by atoms with Crippen molar-refractivity contribution < 1.29 is 9.53 Å². The Hall–Kier alpha value is -0.790. The lowest BCUT2D eigenvalue weighted by molar-refractivity contribution is -0.140. The molecule has 2 bridgehead atoms. The SMILES string of the molecule is COC(=O)CCCCCCCCCCCC1CC2C=CC1C2.